The molecule has 3 nitrogen and oxygen atoms in total. The molecule has 0 aromatic rings. The number of carbonyl (C=O) groups excluding carboxylic acids is 1. The Bertz CT molecular complexity index is 257. The van der Waals surface area contributed by atoms with E-state index < -0.39 is 0 Å². The van der Waals surface area contributed by atoms with Crippen LogP contribution in [0.15, 0.2) is 0 Å². The Morgan fingerprint density at radius 2 is 1.78 bits per heavy atom. The summed E-state index contributed by atoms with van der Waals surface area (Å²) in [5.74, 6) is 0.717. The van der Waals surface area contributed by atoms with E-state index in [0.717, 1.165) is 32.1 Å². The zero-order chi connectivity index (χ0) is 13.6. The second kappa shape index (κ2) is 7.13. The van der Waals surface area contributed by atoms with Crippen molar-refractivity contribution in [1.82, 2.24) is 5.32 Å². The summed E-state index contributed by atoms with van der Waals surface area (Å²) in [5, 5.41) is 3.20. The van der Waals surface area contributed by atoms with Crippen LogP contribution in [0.1, 0.15) is 65.7 Å². The molecule has 3 N–H and O–H groups in total. The van der Waals surface area contributed by atoms with Gasteiger partial charge < -0.3 is 11.1 Å². The van der Waals surface area contributed by atoms with Crippen LogP contribution in [-0.4, -0.2) is 18.5 Å². The number of carbonyl (C=O) groups is 1. The third-order valence-electron chi connectivity index (χ3n) is 4.79. The lowest BCUT2D eigenvalue weighted by Crippen LogP contribution is -2.49. The lowest BCUT2D eigenvalue weighted by Gasteiger charge is -2.32. The summed E-state index contributed by atoms with van der Waals surface area (Å²) >= 11 is 0. The highest BCUT2D eigenvalue weighted by Crippen LogP contribution is 2.34. The smallest absolute Gasteiger partial charge is 0.227 e. The molecule has 0 heterocycles. The quantitative estimate of drug-likeness (QED) is 0.741. The fraction of sp³-hybridized carbons (Fsp3) is 0.933. The number of hydrogen-bond donors (Lipinski definition) is 2. The summed E-state index contributed by atoms with van der Waals surface area (Å²) in [6.07, 6.45) is 7.79. The van der Waals surface area contributed by atoms with Crippen LogP contribution < -0.4 is 11.1 Å². The molecule has 0 aromatic carbocycles. The lowest BCUT2D eigenvalue weighted by molar-refractivity contribution is -0.132. The Morgan fingerprint density at radius 1 is 1.22 bits per heavy atom. The highest BCUT2D eigenvalue weighted by molar-refractivity contribution is 5.83. The van der Waals surface area contributed by atoms with Gasteiger partial charge in [-0.15, -0.1) is 0 Å². The summed E-state index contributed by atoms with van der Waals surface area (Å²) in [6, 6.07) is 0.245. The molecule has 0 spiro atoms. The molecular weight excluding hydrogens is 224 g/mol. The normalized spacial score (nSPS) is 22.9. The summed E-state index contributed by atoms with van der Waals surface area (Å²) < 4.78 is 0. The standard InChI is InChI=1S/C15H30N2O/c1-4-12(2)13(3)17-14(18)15(11-16)9-7-5-6-8-10-15/h12-13H,4-11,16H2,1-3H3,(H,17,18). The van der Waals surface area contributed by atoms with Gasteiger partial charge in [0, 0.05) is 12.6 Å². The first kappa shape index (κ1) is 15.5. The van der Waals surface area contributed by atoms with Crippen molar-refractivity contribution in [1.29, 1.82) is 0 Å². The van der Waals surface area contributed by atoms with Crippen LogP contribution in [-0.2, 0) is 4.79 Å². The van der Waals surface area contributed by atoms with Crippen LogP contribution in [0.2, 0.25) is 0 Å². The number of hydrogen-bond acceptors (Lipinski definition) is 2. The molecule has 1 amide bonds. The van der Waals surface area contributed by atoms with Crippen molar-refractivity contribution in [2.24, 2.45) is 17.1 Å². The molecular formula is C15H30N2O. The molecule has 0 bridgehead atoms. The SMILES string of the molecule is CCC(C)C(C)NC(=O)C1(CN)CCCCCC1. The zero-order valence-corrected chi connectivity index (χ0v) is 12.3. The van der Waals surface area contributed by atoms with E-state index in [1.807, 2.05) is 0 Å². The predicted octanol–water partition coefficient (Wildman–Crippen LogP) is 2.84. The first-order valence-electron chi connectivity index (χ1n) is 7.57. The van der Waals surface area contributed by atoms with Crippen molar-refractivity contribution in [3.8, 4) is 0 Å². The number of amides is 1. The van der Waals surface area contributed by atoms with Gasteiger partial charge in [-0.25, -0.2) is 0 Å². The Hall–Kier alpha value is -0.570. The van der Waals surface area contributed by atoms with E-state index >= 15 is 0 Å². The van der Waals surface area contributed by atoms with Crippen LogP contribution in [0.4, 0.5) is 0 Å². The third kappa shape index (κ3) is 3.71. The first-order chi connectivity index (χ1) is 8.55. The topological polar surface area (TPSA) is 55.1 Å². The van der Waals surface area contributed by atoms with Crippen molar-refractivity contribution in [2.75, 3.05) is 6.54 Å². The molecule has 2 unspecified atom stereocenters. The third-order valence-corrected chi connectivity index (χ3v) is 4.79. The molecule has 3 heteroatoms. The molecule has 1 aliphatic rings. The van der Waals surface area contributed by atoms with Crippen LogP contribution in [0.3, 0.4) is 0 Å². The Labute approximate surface area is 112 Å². The van der Waals surface area contributed by atoms with Crippen LogP contribution in [0, 0.1) is 11.3 Å². The molecule has 1 rings (SSSR count). The second-order valence-electron chi connectivity index (χ2n) is 6.05. The molecule has 106 valence electrons. The molecule has 1 saturated carbocycles. The minimum absolute atomic E-state index is 0.194. The van der Waals surface area contributed by atoms with Gasteiger partial charge in [0.25, 0.3) is 0 Å². The number of rotatable bonds is 5. The fourth-order valence-electron chi connectivity index (χ4n) is 2.78. The highest BCUT2D eigenvalue weighted by atomic mass is 16.2. The van der Waals surface area contributed by atoms with Crippen molar-refractivity contribution in [2.45, 2.75) is 71.8 Å². The summed E-state index contributed by atoms with van der Waals surface area (Å²) in [5.41, 5.74) is 5.64. The first-order valence-corrected chi connectivity index (χ1v) is 7.57. The maximum absolute atomic E-state index is 12.5. The number of nitrogens with one attached hydrogen (secondary N) is 1. The van der Waals surface area contributed by atoms with E-state index in [4.69, 9.17) is 5.73 Å². The summed E-state index contributed by atoms with van der Waals surface area (Å²) in [4.78, 5) is 12.5. The van der Waals surface area contributed by atoms with Gasteiger partial charge in [-0.1, -0.05) is 46.0 Å². The van der Waals surface area contributed by atoms with Crippen LogP contribution in [0.25, 0.3) is 0 Å². The van der Waals surface area contributed by atoms with Gasteiger partial charge in [0.15, 0.2) is 0 Å². The van der Waals surface area contributed by atoms with E-state index in [0.29, 0.717) is 12.5 Å². The molecule has 0 saturated heterocycles. The van der Waals surface area contributed by atoms with E-state index in [1.165, 1.54) is 12.8 Å². The fourth-order valence-corrected chi connectivity index (χ4v) is 2.78. The Kier molecular flexibility index (Phi) is 6.13. The van der Waals surface area contributed by atoms with Gasteiger partial charge in [-0.2, -0.15) is 0 Å². The van der Waals surface area contributed by atoms with E-state index in [1.54, 1.807) is 0 Å². The maximum Gasteiger partial charge on any atom is 0.227 e. The van der Waals surface area contributed by atoms with Gasteiger partial charge in [0.05, 0.1) is 5.41 Å². The molecule has 1 aliphatic carbocycles. The molecule has 0 aliphatic heterocycles. The van der Waals surface area contributed by atoms with Crippen molar-refractivity contribution in [3.63, 3.8) is 0 Å². The van der Waals surface area contributed by atoms with Crippen LogP contribution in [0.5, 0.6) is 0 Å². The van der Waals surface area contributed by atoms with E-state index in [-0.39, 0.29) is 17.4 Å². The largest absolute Gasteiger partial charge is 0.353 e. The molecule has 18 heavy (non-hydrogen) atoms. The van der Waals surface area contributed by atoms with Crippen molar-refractivity contribution >= 4 is 5.91 Å². The molecule has 0 aromatic heterocycles. The van der Waals surface area contributed by atoms with Gasteiger partial charge in [0.2, 0.25) is 5.91 Å². The average Bonchev–Trinajstić information content (AvgIpc) is 2.63. The van der Waals surface area contributed by atoms with Gasteiger partial charge >= 0.3 is 0 Å². The number of nitrogens with two attached hydrogens (primary N) is 1. The highest BCUT2D eigenvalue weighted by Gasteiger charge is 2.37. The van der Waals surface area contributed by atoms with E-state index in [2.05, 4.69) is 26.1 Å². The van der Waals surface area contributed by atoms with Gasteiger partial charge in [-0.3, -0.25) is 4.79 Å². The van der Waals surface area contributed by atoms with Gasteiger partial charge in [-0.05, 0) is 25.7 Å². The molecule has 1 fully saturated rings. The monoisotopic (exact) mass is 254 g/mol. The lowest BCUT2D eigenvalue weighted by atomic mass is 9.79. The summed E-state index contributed by atoms with van der Waals surface area (Å²) in [6.45, 7) is 6.95. The van der Waals surface area contributed by atoms with E-state index in [9.17, 15) is 4.79 Å². The Balaban J connectivity index is 2.65. The van der Waals surface area contributed by atoms with Crippen molar-refractivity contribution in [3.05, 3.63) is 0 Å². The second-order valence-corrected chi connectivity index (χ2v) is 6.05. The maximum atomic E-state index is 12.5. The van der Waals surface area contributed by atoms with Crippen molar-refractivity contribution < 1.29 is 4.79 Å². The predicted molar refractivity (Wildman–Crippen MR) is 76.2 cm³/mol. The van der Waals surface area contributed by atoms with Crippen LogP contribution >= 0.6 is 0 Å². The Morgan fingerprint density at radius 3 is 2.22 bits per heavy atom. The zero-order valence-electron chi connectivity index (χ0n) is 12.3. The molecule has 0 radical (unpaired) electrons. The van der Waals surface area contributed by atoms with Gasteiger partial charge in [0.1, 0.15) is 0 Å². The summed E-state index contributed by atoms with van der Waals surface area (Å²) in [7, 11) is 0. The minimum atomic E-state index is -0.293. The average molecular weight is 254 g/mol. The molecule has 2 atom stereocenters. The minimum Gasteiger partial charge on any atom is -0.353 e.